The number of amides is 2. The first-order valence-electron chi connectivity index (χ1n) is 9.16. The molecule has 0 fully saturated rings. The topological polar surface area (TPSA) is 80.3 Å². The number of anilines is 1. The van der Waals surface area contributed by atoms with E-state index in [2.05, 4.69) is 15.6 Å². The minimum absolute atomic E-state index is 0.0103. The molecule has 0 unspecified atom stereocenters. The number of benzene rings is 2. The maximum absolute atomic E-state index is 12.1. The van der Waals surface area contributed by atoms with Crippen molar-refractivity contribution in [3.8, 4) is 5.75 Å². The van der Waals surface area contributed by atoms with E-state index in [4.69, 9.17) is 4.74 Å². The first-order valence-corrected chi connectivity index (χ1v) is 9.98. The van der Waals surface area contributed by atoms with Gasteiger partial charge in [-0.3, -0.25) is 9.59 Å². The highest BCUT2D eigenvalue weighted by Gasteiger charge is 2.08. The number of hydrogen-bond acceptors (Lipinski definition) is 5. The summed E-state index contributed by atoms with van der Waals surface area (Å²) in [6.45, 7) is 2.30. The predicted molar refractivity (Wildman–Crippen MR) is 112 cm³/mol. The van der Waals surface area contributed by atoms with E-state index in [1.807, 2.05) is 42.5 Å². The van der Waals surface area contributed by atoms with E-state index in [0.717, 1.165) is 27.1 Å². The number of methoxy groups -OCH3 is 1. The van der Waals surface area contributed by atoms with E-state index in [9.17, 15) is 9.59 Å². The number of rotatable bonds is 8. The highest BCUT2D eigenvalue weighted by Crippen LogP contribution is 2.27. The predicted octanol–water partition coefficient (Wildman–Crippen LogP) is 3.90. The van der Waals surface area contributed by atoms with Gasteiger partial charge in [0.1, 0.15) is 5.75 Å². The Hall–Kier alpha value is -2.93. The molecule has 0 saturated heterocycles. The lowest BCUT2D eigenvalue weighted by molar-refractivity contribution is -0.121. The summed E-state index contributed by atoms with van der Waals surface area (Å²) in [6, 6.07) is 13.6. The van der Waals surface area contributed by atoms with Crippen molar-refractivity contribution in [3.63, 3.8) is 0 Å². The molecule has 0 bridgehead atoms. The van der Waals surface area contributed by atoms with Gasteiger partial charge in [-0.15, -0.1) is 0 Å². The van der Waals surface area contributed by atoms with Crippen LogP contribution in [-0.4, -0.2) is 23.9 Å². The van der Waals surface area contributed by atoms with Crippen molar-refractivity contribution in [1.82, 2.24) is 10.3 Å². The Labute approximate surface area is 167 Å². The average molecular weight is 398 g/mol. The first-order chi connectivity index (χ1) is 13.6. The highest BCUT2D eigenvalue weighted by molar-refractivity contribution is 7.22. The van der Waals surface area contributed by atoms with Gasteiger partial charge in [0, 0.05) is 19.4 Å². The molecule has 7 heteroatoms. The maximum atomic E-state index is 12.1. The summed E-state index contributed by atoms with van der Waals surface area (Å²) >= 11 is 1.45. The van der Waals surface area contributed by atoms with Crippen molar-refractivity contribution in [3.05, 3.63) is 53.6 Å². The maximum Gasteiger partial charge on any atom is 0.225 e. The molecule has 2 N–H and O–H groups in total. The molecular weight excluding hydrogens is 374 g/mol. The van der Waals surface area contributed by atoms with Gasteiger partial charge < -0.3 is 15.4 Å². The average Bonchev–Trinajstić information content (AvgIpc) is 3.12. The molecule has 0 spiro atoms. The smallest absolute Gasteiger partial charge is 0.225 e. The van der Waals surface area contributed by atoms with Gasteiger partial charge in [0.25, 0.3) is 0 Å². The molecule has 2 aromatic carbocycles. The number of carbonyl (C=O) groups is 2. The molecule has 2 amide bonds. The summed E-state index contributed by atoms with van der Waals surface area (Å²) in [5.41, 5.74) is 2.95. The van der Waals surface area contributed by atoms with E-state index in [1.165, 1.54) is 11.3 Å². The van der Waals surface area contributed by atoms with Crippen LogP contribution in [0, 0.1) is 0 Å². The summed E-state index contributed by atoms with van der Waals surface area (Å²) in [5.74, 6) is 0.759. The van der Waals surface area contributed by atoms with E-state index in [1.54, 1.807) is 14.0 Å². The summed E-state index contributed by atoms with van der Waals surface area (Å²) in [7, 11) is 1.63. The molecule has 1 aromatic heterocycles. The molecule has 28 heavy (non-hydrogen) atoms. The quantitative estimate of drug-likeness (QED) is 0.604. The van der Waals surface area contributed by atoms with E-state index >= 15 is 0 Å². The Morgan fingerprint density at radius 2 is 1.82 bits per heavy atom. The van der Waals surface area contributed by atoms with E-state index < -0.39 is 0 Å². The molecule has 3 aromatic rings. The van der Waals surface area contributed by atoms with Crippen molar-refractivity contribution >= 4 is 38.5 Å². The van der Waals surface area contributed by atoms with Crippen LogP contribution in [0.15, 0.2) is 42.5 Å². The van der Waals surface area contributed by atoms with Gasteiger partial charge >= 0.3 is 0 Å². The lowest BCUT2D eigenvalue weighted by Gasteiger charge is -2.06. The second kappa shape index (κ2) is 9.32. The van der Waals surface area contributed by atoms with Crippen LogP contribution in [0.3, 0.4) is 0 Å². The number of aryl methyl sites for hydroxylation is 1. The third-order valence-electron chi connectivity index (χ3n) is 4.31. The molecule has 6 nitrogen and oxygen atoms in total. The summed E-state index contributed by atoms with van der Waals surface area (Å²) < 4.78 is 6.13. The fourth-order valence-electron chi connectivity index (χ4n) is 2.68. The first kappa shape index (κ1) is 19.8. The number of hydrogen-bond donors (Lipinski definition) is 2. The normalized spacial score (nSPS) is 10.6. The molecule has 3 rings (SSSR count). The van der Waals surface area contributed by atoms with Crippen LogP contribution in [0.1, 0.15) is 30.9 Å². The molecular formula is C21H23N3O3S. The number of fused-ring (bicyclic) bond motifs is 1. The van der Waals surface area contributed by atoms with Crippen molar-refractivity contribution in [1.29, 1.82) is 0 Å². The van der Waals surface area contributed by atoms with Gasteiger partial charge in [0.15, 0.2) is 5.13 Å². The number of nitrogens with zero attached hydrogens (tertiary/aromatic N) is 1. The van der Waals surface area contributed by atoms with Gasteiger partial charge in [-0.2, -0.15) is 0 Å². The number of nitrogens with one attached hydrogen (secondary N) is 2. The molecule has 0 saturated carbocycles. The Morgan fingerprint density at radius 1 is 1.07 bits per heavy atom. The largest absolute Gasteiger partial charge is 0.497 e. The lowest BCUT2D eigenvalue weighted by atomic mass is 10.1. The number of aromatic nitrogens is 1. The summed E-state index contributed by atoms with van der Waals surface area (Å²) in [6.07, 6.45) is 1.49. The minimum Gasteiger partial charge on any atom is -0.497 e. The monoisotopic (exact) mass is 397 g/mol. The fourth-order valence-corrected chi connectivity index (χ4v) is 3.62. The van der Waals surface area contributed by atoms with Gasteiger partial charge in [0.05, 0.1) is 17.3 Å². The standard InChI is InChI=1S/C21H23N3O3S/c1-3-19(25)24-21-23-17-10-6-14(12-18(17)28-21)7-11-20(26)22-13-15-4-8-16(27-2)9-5-15/h4-6,8-10,12H,3,7,11,13H2,1-2H3,(H,22,26)(H,23,24,25). The van der Waals surface area contributed by atoms with Gasteiger partial charge in [-0.1, -0.05) is 36.5 Å². The molecule has 0 aliphatic carbocycles. The Morgan fingerprint density at radius 3 is 2.54 bits per heavy atom. The van der Waals surface area contributed by atoms with Crippen LogP contribution >= 0.6 is 11.3 Å². The van der Waals surface area contributed by atoms with E-state index in [-0.39, 0.29) is 11.8 Å². The minimum atomic E-state index is -0.0483. The highest BCUT2D eigenvalue weighted by atomic mass is 32.1. The van der Waals surface area contributed by atoms with Crippen LogP contribution < -0.4 is 15.4 Å². The van der Waals surface area contributed by atoms with Gasteiger partial charge in [0.2, 0.25) is 11.8 Å². The van der Waals surface area contributed by atoms with Gasteiger partial charge in [-0.05, 0) is 41.8 Å². The molecule has 0 atom stereocenters. The SMILES string of the molecule is CCC(=O)Nc1nc2ccc(CCC(=O)NCc3ccc(OC)cc3)cc2s1. The van der Waals surface area contributed by atoms with Gasteiger partial charge in [-0.25, -0.2) is 4.98 Å². The fraction of sp³-hybridized carbons (Fsp3) is 0.286. The Balaban J connectivity index is 1.52. The Bertz CT molecular complexity index is 967. The van der Waals surface area contributed by atoms with Crippen molar-refractivity contribution < 1.29 is 14.3 Å². The van der Waals surface area contributed by atoms with Crippen molar-refractivity contribution in [2.45, 2.75) is 32.7 Å². The number of thiazole rings is 1. The van der Waals surface area contributed by atoms with Crippen LogP contribution in [-0.2, 0) is 22.6 Å². The van der Waals surface area contributed by atoms with Crippen molar-refractivity contribution in [2.75, 3.05) is 12.4 Å². The van der Waals surface area contributed by atoms with Crippen LogP contribution in [0.4, 0.5) is 5.13 Å². The van der Waals surface area contributed by atoms with Crippen LogP contribution in [0.25, 0.3) is 10.2 Å². The van der Waals surface area contributed by atoms with E-state index in [0.29, 0.717) is 30.9 Å². The summed E-state index contributed by atoms with van der Waals surface area (Å²) in [4.78, 5) is 28.1. The van der Waals surface area contributed by atoms with Crippen LogP contribution in [0.2, 0.25) is 0 Å². The zero-order valence-corrected chi connectivity index (χ0v) is 16.8. The van der Waals surface area contributed by atoms with Crippen molar-refractivity contribution in [2.24, 2.45) is 0 Å². The molecule has 0 aliphatic heterocycles. The molecule has 1 heterocycles. The second-order valence-electron chi connectivity index (χ2n) is 6.35. The third kappa shape index (κ3) is 5.29. The zero-order chi connectivity index (χ0) is 19.9. The third-order valence-corrected chi connectivity index (χ3v) is 5.24. The zero-order valence-electron chi connectivity index (χ0n) is 16.0. The molecule has 0 aliphatic rings. The molecule has 146 valence electrons. The number of carbonyl (C=O) groups excluding carboxylic acids is 2. The summed E-state index contributed by atoms with van der Waals surface area (Å²) in [5, 5.41) is 6.33. The Kier molecular flexibility index (Phi) is 6.60. The van der Waals surface area contributed by atoms with Crippen LogP contribution in [0.5, 0.6) is 5.75 Å². The second-order valence-corrected chi connectivity index (χ2v) is 7.38. The lowest BCUT2D eigenvalue weighted by Crippen LogP contribution is -2.22. The molecule has 0 radical (unpaired) electrons. The number of ether oxygens (including phenoxy) is 1.